The van der Waals surface area contributed by atoms with Crippen LogP contribution in [-0.2, 0) is 13.1 Å². The van der Waals surface area contributed by atoms with Crippen molar-refractivity contribution in [2.24, 2.45) is 0 Å². The van der Waals surface area contributed by atoms with Crippen LogP contribution in [0.3, 0.4) is 0 Å². The average molecular weight is 263 g/mol. The molecule has 98 valence electrons. The molecule has 0 unspecified atom stereocenters. The van der Waals surface area contributed by atoms with E-state index in [1.807, 2.05) is 30.3 Å². The van der Waals surface area contributed by atoms with E-state index in [-0.39, 0.29) is 5.91 Å². The third kappa shape index (κ3) is 2.10. The van der Waals surface area contributed by atoms with E-state index in [0.717, 1.165) is 11.1 Å². The summed E-state index contributed by atoms with van der Waals surface area (Å²) in [4.78, 5) is 14.1. The number of fused-ring (bicyclic) bond motifs is 1. The van der Waals surface area contributed by atoms with Crippen molar-refractivity contribution >= 4 is 11.6 Å². The van der Waals surface area contributed by atoms with E-state index in [0.29, 0.717) is 29.9 Å². The predicted molar refractivity (Wildman–Crippen MR) is 75.6 cm³/mol. The fourth-order valence-electron chi connectivity index (χ4n) is 2.47. The molecule has 0 fully saturated rings. The zero-order valence-corrected chi connectivity index (χ0v) is 10.8. The van der Waals surface area contributed by atoms with Crippen LogP contribution in [0.4, 0.5) is 5.69 Å². The molecule has 0 saturated heterocycles. The Kier molecular flexibility index (Phi) is 2.88. The monoisotopic (exact) mass is 263 g/mol. The Labute approximate surface area is 117 Å². The lowest BCUT2D eigenvalue weighted by atomic mass is 10.1. The molecule has 20 heavy (non-hydrogen) atoms. The lowest BCUT2D eigenvalue weighted by molar-refractivity contribution is 0.0766. The Morgan fingerprint density at radius 2 is 2.10 bits per heavy atom. The van der Waals surface area contributed by atoms with Gasteiger partial charge in [-0.15, -0.1) is 0 Å². The Balaban J connectivity index is 1.84. The van der Waals surface area contributed by atoms with Crippen LogP contribution < -0.4 is 5.73 Å². The van der Waals surface area contributed by atoms with Crippen molar-refractivity contribution < 1.29 is 4.79 Å². The maximum atomic E-state index is 12.3. The SMILES string of the molecule is N#Cc1cccc(CN2Cc3ccc(N)cc3C2=O)c1. The van der Waals surface area contributed by atoms with Gasteiger partial charge >= 0.3 is 0 Å². The zero-order chi connectivity index (χ0) is 14.1. The van der Waals surface area contributed by atoms with Gasteiger partial charge < -0.3 is 10.6 Å². The smallest absolute Gasteiger partial charge is 0.254 e. The summed E-state index contributed by atoms with van der Waals surface area (Å²) >= 11 is 0. The highest BCUT2D eigenvalue weighted by atomic mass is 16.2. The van der Waals surface area contributed by atoms with E-state index in [1.165, 1.54) is 0 Å². The van der Waals surface area contributed by atoms with Crippen molar-refractivity contribution in [1.82, 2.24) is 4.90 Å². The second kappa shape index (κ2) is 4.71. The number of carbonyl (C=O) groups excluding carboxylic acids is 1. The summed E-state index contributed by atoms with van der Waals surface area (Å²) in [5.74, 6) is -0.00494. The van der Waals surface area contributed by atoms with Crippen molar-refractivity contribution in [2.45, 2.75) is 13.1 Å². The molecule has 2 aromatic rings. The Morgan fingerprint density at radius 3 is 2.90 bits per heavy atom. The first kappa shape index (κ1) is 12.2. The van der Waals surface area contributed by atoms with E-state index >= 15 is 0 Å². The van der Waals surface area contributed by atoms with Crippen molar-refractivity contribution in [3.05, 3.63) is 64.7 Å². The number of nitrogen functional groups attached to an aromatic ring is 1. The Hall–Kier alpha value is -2.80. The molecule has 0 bridgehead atoms. The average Bonchev–Trinajstić information content (AvgIpc) is 2.76. The molecule has 2 aromatic carbocycles. The number of nitrogens with zero attached hydrogens (tertiary/aromatic N) is 2. The van der Waals surface area contributed by atoms with Crippen molar-refractivity contribution in [1.29, 1.82) is 5.26 Å². The van der Waals surface area contributed by atoms with Gasteiger partial charge in [0.25, 0.3) is 5.91 Å². The van der Waals surface area contributed by atoms with Crippen LogP contribution in [0, 0.1) is 11.3 Å². The predicted octanol–water partition coefficient (Wildman–Crippen LogP) is 2.30. The second-order valence-electron chi connectivity index (χ2n) is 4.89. The van der Waals surface area contributed by atoms with E-state index in [2.05, 4.69) is 6.07 Å². The Bertz CT molecular complexity index is 731. The van der Waals surface area contributed by atoms with Gasteiger partial charge in [-0.2, -0.15) is 5.26 Å². The molecule has 0 atom stereocenters. The lowest BCUT2D eigenvalue weighted by Crippen LogP contribution is -2.23. The number of hydrogen-bond donors (Lipinski definition) is 1. The van der Waals surface area contributed by atoms with Gasteiger partial charge in [0.2, 0.25) is 0 Å². The van der Waals surface area contributed by atoms with Crippen LogP contribution in [0.25, 0.3) is 0 Å². The molecule has 4 nitrogen and oxygen atoms in total. The molecule has 2 N–H and O–H groups in total. The normalized spacial score (nSPS) is 13.2. The molecule has 0 aliphatic carbocycles. The molecule has 1 amide bonds. The molecule has 1 aliphatic rings. The number of benzene rings is 2. The number of rotatable bonds is 2. The van der Waals surface area contributed by atoms with Gasteiger partial charge in [0.15, 0.2) is 0 Å². The number of hydrogen-bond acceptors (Lipinski definition) is 3. The van der Waals surface area contributed by atoms with Crippen LogP contribution in [0.2, 0.25) is 0 Å². The lowest BCUT2D eigenvalue weighted by Gasteiger charge is -2.15. The van der Waals surface area contributed by atoms with Gasteiger partial charge in [0.1, 0.15) is 0 Å². The number of nitrogens with two attached hydrogens (primary N) is 1. The van der Waals surface area contributed by atoms with Gasteiger partial charge in [-0.05, 0) is 35.4 Å². The summed E-state index contributed by atoms with van der Waals surface area (Å²) in [5.41, 5.74) is 9.57. The van der Waals surface area contributed by atoms with Crippen LogP contribution in [-0.4, -0.2) is 10.8 Å². The first-order chi connectivity index (χ1) is 9.67. The van der Waals surface area contributed by atoms with Crippen molar-refractivity contribution in [3.8, 4) is 6.07 Å². The molecule has 4 heteroatoms. The summed E-state index contributed by atoms with van der Waals surface area (Å²) < 4.78 is 0. The fraction of sp³-hybridized carbons (Fsp3) is 0.125. The molecule has 3 rings (SSSR count). The van der Waals surface area contributed by atoms with E-state index < -0.39 is 0 Å². The minimum atomic E-state index is -0.00494. The zero-order valence-electron chi connectivity index (χ0n) is 10.8. The Morgan fingerprint density at radius 1 is 1.25 bits per heavy atom. The van der Waals surface area contributed by atoms with Gasteiger partial charge in [-0.3, -0.25) is 4.79 Å². The number of anilines is 1. The van der Waals surface area contributed by atoms with Crippen LogP contribution in [0.1, 0.15) is 27.0 Å². The molecule has 0 saturated carbocycles. The van der Waals surface area contributed by atoms with Crippen molar-refractivity contribution in [3.63, 3.8) is 0 Å². The highest BCUT2D eigenvalue weighted by molar-refractivity contribution is 5.99. The second-order valence-corrected chi connectivity index (χ2v) is 4.89. The van der Waals surface area contributed by atoms with E-state index in [4.69, 9.17) is 11.0 Å². The molecule has 0 spiro atoms. The largest absolute Gasteiger partial charge is 0.399 e. The summed E-state index contributed by atoms with van der Waals surface area (Å²) in [6.45, 7) is 1.09. The van der Waals surface area contributed by atoms with Gasteiger partial charge in [-0.25, -0.2) is 0 Å². The highest BCUT2D eigenvalue weighted by Gasteiger charge is 2.27. The van der Waals surface area contributed by atoms with Crippen LogP contribution >= 0.6 is 0 Å². The summed E-state index contributed by atoms with van der Waals surface area (Å²) in [6, 6.07) is 14.9. The summed E-state index contributed by atoms with van der Waals surface area (Å²) in [7, 11) is 0. The highest BCUT2D eigenvalue weighted by Crippen LogP contribution is 2.26. The van der Waals surface area contributed by atoms with E-state index in [1.54, 1.807) is 17.0 Å². The molecular formula is C16H13N3O. The van der Waals surface area contributed by atoms with Crippen LogP contribution in [0.5, 0.6) is 0 Å². The molecule has 0 aromatic heterocycles. The molecule has 1 aliphatic heterocycles. The minimum Gasteiger partial charge on any atom is -0.399 e. The van der Waals surface area contributed by atoms with Gasteiger partial charge in [-0.1, -0.05) is 18.2 Å². The van der Waals surface area contributed by atoms with Crippen molar-refractivity contribution in [2.75, 3.05) is 5.73 Å². The fourth-order valence-corrected chi connectivity index (χ4v) is 2.47. The standard InChI is InChI=1S/C16H13N3O/c17-8-11-2-1-3-12(6-11)9-19-10-13-4-5-14(18)7-15(13)16(19)20/h1-7H,9-10,18H2. The number of carbonyl (C=O) groups is 1. The molecule has 0 radical (unpaired) electrons. The maximum Gasteiger partial charge on any atom is 0.254 e. The topological polar surface area (TPSA) is 70.1 Å². The third-order valence-electron chi connectivity index (χ3n) is 3.44. The molecular weight excluding hydrogens is 250 g/mol. The first-order valence-corrected chi connectivity index (χ1v) is 6.34. The summed E-state index contributed by atoms with van der Waals surface area (Å²) in [5, 5.41) is 8.90. The van der Waals surface area contributed by atoms with Crippen LogP contribution in [0.15, 0.2) is 42.5 Å². The van der Waals surface area contributed by atoms with Gasteiger partial charge in [0, 0.05) is 24.3 Å². The first-order valence-electron chi connectivity index (χ1n) is 6.34. The quantitative estimate of drug-likeness (QED) is 0.845. The maximum absolute atomic E-state index is 12.3. The number of amides is 1. The third-order valence-corrected chi connectivity index (χ3v) is 3.44. The summed E-state index contributed by atoms with van der Waals surface area (Å²) in [6.07, 6.45) is 0. The van der Waals surface area contributed by atoms with Gasteiger partial charge in [0.05, 0.1) is 11.6 Å². The molecule has 1 heterocycles. The number of nitriles is 1. The van der Waals surface area contributed by atoms with E-state index in [9.17, 15) is 4.79 Å². The minimum absolute atomic E-state index is 0.00494.